The van der Waals surface area contributed by atoms with Gasteiger partial charge in [-0.25, -0.2) is 0 Å². The van der Waals surface area contributed by atoms with Crippen LogP contribution in [-0.2, 0) is 4.79 Å². The van der Waals surface area contributed by atoms with Gasteiger partial charge in [0.15, 0.2) is 0 Å². The second-order valence-electron chi connectivity index (χ2n) is 5.56. The molecular weight excluding hydrogens is 172 g/mol. The predicted molar refractivity (Wildman–Crippen MR) is 58.0 cm³/mol. The number of ketones is 1. The molecule has 2 aliphatic carbocycles. The van der Waals surface area contributed by atoms with Crippen molar-refractivity contribution in [2.75, 3.05) is 0 Å². The van der Waals surface area contributed by atoms with Gasteiger partial charge in [-0.05, 0) is 37.0 Å². The molecule has 0 amide bonds. The Morgan fingerprint density at radius 2 is 1.93 bits per heavy atom. The van der Waals surface area contributed by atoms with Gasteiger partial charge in [0.2, 0.25) is 0 Å². The van der Waals surface area contributed by atoms with E-state index in [2.05, 4.69) is 13.8 Å². The summed E-state index contributed by atoms with van der Waals surface area (Å²) in [5.41, 5.74) is 0. The molecule has 0 aliphatic heterocycles. The van der Waals surface area contributed by atoms with Gasteiger partial charge in [-0.1, -0.05) is 26.7 Å². The van der Waals surface area contributed by atoms with Gasteiger partial charge >= 0.3 is 0 Å². The maximum Gasteiger partial charge on any atom is 0.136 e. The number of fused-ring (bicyclic) bond motifs is 1. The summed E-state index contributed by atoms with van der Waals surface area (Å²) in [6.45, 7) is 4.53. The van der Waals surface area contributed by atoms with Crippen LogP contribution in [0.3, 0.4) is 0 Å². The Morgan fingerprint density at radius 3 is 2.64 bits per heavy atom. The van der Waals surface area contributed by atoms with Gasteiger partial charge in [0.05, 0.1) is 0 Å². The van der Waals surface area contributed by atoms with E-state index in [0.29, 0.717) is 23.5 Å². The first-order valence-corrected chi connectivity index (χ1v) is 6.21. The molecule has 3 atom stereocenters. The van der Waals surface area contributed by atoms with E-state index in [4.69, 9.17) is 0 Å². The highest BCUT2D eigenvalue weighted by molar-refractivity contribution is 5.82. The Bertz CT molecular complexity index is 219. The van der Waals surface area contributed by atoms with Crippen molar-refractivity contribution < 1.29 is 4.79 Å². The number of hydrogen-bond donors (Lipinski definition) is 0. The lowest BCUT2D eigenvalue weighted by atomic mass is 9.65. The number of rotatable bonds is 1. The van der Waals surface area contributed by atoms with E-state index in [-0.39, 0.29) is 0 Å². The molecule has 0 spiro atoms. The van der Waals surface area contributed by atoms with Crippen molar-refractivity contribution in [2.45, 2.75) is 52.4 Å². The molecule has 0 N–H and O–H groups in total. The first kappa shape index (κ1) is 10.2. The summed E-state index contributed by atoms with van der Waals surface area (Å²) in [5, 5.41) is 0. The molecule has 1 nitrogen and oxygen atoms in total. The molecule has 2 rings (SSSR count). The van der Waals surface area contributed by atoms with Crippen LogP contribution in [0.2, 0.25) is 0 Å². The summed E-state index contributed by atoms with van der Waals surface area (Å²) in [6.07, 6.45) is 7.36. The standard InChI is InChI=1S/C13H22O/c1-9(2)11-7-10-5-3-4-6-12(10)13(14)8-11/h9-12H,3-8H2,1-2H3/t10-,11-,12-/m1/s1. The highest BCUT2D eigenvalue weighted by Gasteiger charge is 2.38. The quantitative estimate of drug-likeness (QED) is 0.625. The van der Waals surface area contributed by atoms with Crippen molar-refractivity contribution in [1.29, 1.82) is 0 Å². The monoisotopic (exact) mass is 194 g/mol. The fourth-order valence-electron chi connectivity index (χ4n) is 3.30. The molecule has 0 saturated heterocycles. The van der Waals surface area contributed by atoms with Crippen LogP contribution in [0.25, 0.3) is 0 Å². The minimum atomic E-state index is 0.457. The van der Waals surface area contributed by atoms with Gasteiger partial charge in [-0.3, -0.25) is 4.79 Å². The van der Waals surface area contributed by atoms with Crippen molar-refractivity contribution in [3.63, 3.8) is 0 Å². The Hall–Kier alpha value is -0.330. The van der Waals surface area contributed by atoms with Gasteiger partial charge in [0.1, 0.15) is 5.78 Å². The van der Waals surface area contributed by atoms with Crippen LogP contribution < -0.4 is 0 Å². The fourth-order valence-corrected chi connectivity index (χ4v) is 3.30. The van der Waals surface area contributed by atoms with Gasteiger partial charge in [-0.2, -0.15) is 0 Å². The normalized spacial score (nSPS) is 38.5. The predicted octanol–water partition coefficient (Wildman–Crippen LogP) is 3.43. The lowest BCUT2D eigenvalue weighted by Gasteiger charge is -2.39. The van der Waals surface area contributed by atoms with Gasteiger partial charge < -0.3 is 0 Å². The molecule has 2 fully saturated rings. The van der Waals surface area contributed by atoms with Gasteiger partial charge in [0.25, 0.3) is 0 Å². The maximum absolute atomic E-state index is 11.9. The lowest BCUT2D eigenvalue weighted by molar-refractivity contribution is -0.130. The van der Waals surface area contributed by atoms with E-state index >= 15 is 0 Å². The number of hydrogen-bond acceptors (Lipinski definition) is 1. The summed E-state index contributed by atoms with van der Waals surface area (Å²) < 4.78 is 0. The molecule has 14 heavy (non-hydrogen) atoms. The van der Waals surface area contributed by atoms with Gasteiger partial charge in [0, 0.05) is 12.3 Å². The first-order valence-electron chi connectivity index (χ1n) is 6.21. The van der Waals surface area contributed by atoms with Gasteiger partial charge in [-0.15, -0.1) is 0 Å². The SMILES string of the molecule is CC(C)[C@H]1CC(=O)[C@@H]2CCCC[C@@H]2C1. The van der Waals surface area contributed by atoms with Crippen molar-refractivity contribution in [3.05, 3.63) is 0 Å². The molecule has 0 heterocycles. The molecule has 0 aromatic carbocycles. The third kappa shape index (κ3) is 1.87. The summed E-state index contributed by atoms with van der Waals surface area (Å²) in [7, 11) is 0. The molecule has 2 aliphatic rings. The van der Waals surface area contributed by atoms with E-state index in [9.17, 15) is 4.79 Å². The van der Waals surface area contributed by atoms with Crippen LogP contribution in [0.5, 0.6) is 0 Å². The molecule has 0 aromatic heterocycles. The third-order valence-corrected chi connectivity index (χ3v) is 4.33. The third-order valence-electron chi connectivity index (χ3n) is 4.33. The summed E-state index contributed by atoms with van der Waals surface area (Å²) >= 11 is 0. The minimum Gasteiger partial charge on any atom is -0.299 e. The Labute approximate surface area is 87.3 Å². The Balaban J connectivity index is 2.04. The van der Waals surface area contributed by atoms with Crippen LogP contribution in [0, 0.1) is 23.7 Å². The highest BCUT2D eigenvalue weighted by Crippen LogP contribution is 2.42. The highest BCUT2D eigenvalue weighted by atomic mass is 16.1. The molecule has 0 radical (unpaired) electrons. The second kappa shape index (κ2) is 4.04. The second-order valence-corrected chi connectivity index (χ2v) is 5.56. The maximum atomic E-state index is 11.9. The summed E-state index contributed by atoms with van der Waals surface area (Å²) in [5.74, 6) is 3.17. The van der Waals surface area contributed by atoms with E-state index in [1.807, 2.05) is 0 Å². The van der Waals surface area contributed by atoms with Crippen molar-refractivity contribution in [3.8, 4) is 0 Å². The van der Waals surface area contributed by atoms with Crippen molar-refractivity contribution in [1.82, 2.24) is 0 Å². The Kier molecular flexibility index (Phi) is 2.94. The fraction of sp³-hybridized carbons (Fsp3) is 0.923. The molecule has 0 aromatic rings. The average molecular weight is 194 g/mol. The first-order chi connectivity index (χ1) is 6.68. The van der Waals surface area contributed by atoms with E-state index in [1.165, 1.54) is 32.1 Å². The number of Topliss-reactive ketones (excluding diaryl/α,β-unsaturated/α-hetero) is 1. The zero-order valence-electron chi connectivity index (χ0n) is 9.46. The van der Waals surface area contributed by atoms with E-state index in [1.54, 1.807) is 0 Å². The van der Waals surface area contributed by atoms with E-state index in [0.717, 1.165) is 12.3 Å². The lowest BCUT2D eigenvalue weighted by Crippen LogP contribution is -2.36. The number of carbonyl (C=O) groups is 1. The largest absolute Gasteiger partial charge is 0.299 e. The van der Waals surface area contributed by atoms with Crippen LogP contribution in [-0.4, -0.2) is 5.78 Å². The molecular formula is C13H22O. The van der Waals surface area contributed by atoms with Crippen LogP contribution >= 0.6 is 0 Å². The van der Waals surface area contributed by atoms with Crippen molar-refractivity contribution >= 4 is 5.78 Å². The molecule has 0 unspecified atom stereocenters. The van der Waals surface area contributed by atoms with Crippen LogP contribution in [0.1, 0.15) is 52.4 Å². The zero-order valence-corrected chi connectivity index (χ0v) is 9.46. The van der Waals surface area contributed by atoms with Crippen LogP contribution in [0.15, 0.2) is 0 Å². The smallest absolute Gasteiger partial charge is 0.136 e. The molecule has 80 valence electrons. The topological polar surface area (TPSA) is 17.1 Å². The molecule has 0 bridgehead atoms. The molecule has 1 heteroatoms. The minimum absolute atomic E-state index is 0.457. The number of carbonyl (C=O) groups excluding carboxylic acids is 1. The summed E-state index contributed by atoms with van der Waals surface area (Å²) in [6, 6.07) is 0. The summed E-state index contributed by atoms with van der Waals surface area (Å²) in [4.78, 5) is 11.9. The zero-order chi connectivity index (χ0) is 10.1. The average Bonchev–Trinajstić information content (AvgIpc) is 2.17. The van der Waals surface area contributed by atoms with Crippen LogP contribution in [0.4, 0.5) is 0 Å². The van der Waals surface area contributed by atoms with E-state index < -0.39 is 0 Å². The van der Waals surface area contributed by atoms with Crippen molar-refractivity contribution in [2.24, 2.45) is 23.7 Å². The molecule has 2 saturated carbocycles. The Morgan fingerprint density at radius 1 is 1.21 bits per heavy atom.